The Morgan fingerprint density at radius 3 is 1.59 bits per heavy atom. The fourth-order valence-corrected chi connectivity index (χ4v) is 8.55. The Balaban J connectivity index is 1.03. The number of aromatic nitrogens is 4. The van der Waals surface area contributed by atoms with Gasteiger partial charge in [0.2, 0.25) is 0 Å². The van der Waals surface area contributed by atoms with E-state index in [1.807, 2.05) is 30.3 Å². The first-order valence-corrected chi connectivity index (χ1v) is 18.8. The zero-order valence-corrected chi connectivity index (χ0v) is 30.0. The summed E-state index contributed by atoms with van der Waals surface area (Å²) >= 11 is 0. The molecule has 0 saturated carbocycles. The fraction of sp³-hybridized carbons (Fsp3) is 0. The van der Waals surface area contributed by atoms with Crippen LogP contribution in [0.25, 0.3) is 116 Å². The number of fused-ring (bicyclic) bond motifs is 11. The largest absolute Gasteiger partial charge is 0.456 e. The summed E-state index contributed by atoms with van der Waals surface area (Å²) in [5.41, 5.74) is 7.78. The maximum Gasteiger partial charge on any atom is 0.164 e. The monoisotopic (exact) mass is 714 g/mol. The van der Waals surface area contributed by atoms with Crippen molar-refractivity contribution >= 4 is 76.1 Å². The van der Waals surface area contributed by atoms with Gasteiger partial charge in [0.25, 0.3) is 0 Å². The van der Waals surface area contributed by atoms with Crippen LogP contribution in [0, 0.1) is 0 Å². The molecule has 12 rings (SSSR count). The normalized spacial score (nSPS) is 11.9. The van der Waals surface area contributed by atoms with Crippen LogP contribution >= 0.6 is 0 Å². The van der Waals surface area contributed by atoms with Crippen LogP contribution in [0.3, 0.4) is 0 Å². The lowest BCUT2D eigenvalue weighted by Gasteiger charge is -2.09. The summed E-state index contributed by atoms with van der Waals surface area (Å²) in [6.07, 6.45) is 0. The highest BCUT2D eigenvalue weighted by Crippen LogP contribution is 2.42. The van der Waals surface area contributed by atoms with Crippen LogP contribution in [0.2, 0.25) is 0 Å². The van der Waals surface area contributed by atoms with E-state index < -0.39 is 0 Å². The van der Waals surface area contributed by atoms with Gasteiger partial charge in [-0.1, -0.05) is 133 Å². The van der Waals surface area contributed by atoms with Gasteiger partial charge >= 0.3 is 0 Å². The van der Waals surface area contributed by atoms with Gasteiger partial charge in [0.05, 0.1) is 11.0 Å². The van der Waals surface area contributed by atoms with E-state index in [0.29, 0.717) is 17.5 Å². The van der Waals surface area contributed by atoms with E-state index in [2.05, 4.69) is 156 Å². The van der Waals surface area contributed by atoms with E-state index in [0.717, 1.165) is 49.7 Å². The van der Waals surface area contributed by atoms with Gasteiger partial charge in [0.15, 0.2) is 17.5 Å². The van der Waals surface area contributed by atoms with E-state index in [1.54, 1.807) is 0 Å². The average Bonchev–Trinajstić information content (AvgIpc) is 3.82. The second-order valence-electron chi connectivity index (χ2n) is 14.4. The molecular weight excluding hydrogens is 685 g/mol. The molecule has 0 radical (unpaired) electrons. The number of nitrogens with zero attached hydrogens (tertiary/aromatic N) is 4. The highest BCUT2D eigenvalue weighted by atomic mass is 16.3. The topological polar surface area (TPSA) is 56.7 Å². The molecule has 3 heterocycles. The molecule has 0 spiro atoms. The molecule has 0 aliphatic carbocycles. The SMILES string of the molecule is c1ccc(-c2nc(-c3ccc4ccccc4c3)nc(-c3ccc4c(c3)oc3ccc(-n5c6ccc7ccccc7c6c6c7ccccc7ccc65)cc34)n2)cc1. The van der Waals surface area contributed by atoms with Crippen LogP contribution in [0.15, 0.2) is 186 Å². The van der Waals surface area contributed by atoms with Crippen molar-refractivity contribution in [1.29, 1.82) is 0 Å². The zero-order chi connectivity index (χ0) is 36.7. The Bertz CT molecular complexity index is 3450. The van der Waals surface area contributed by atoms with E-state index in [9.17, 15) is 0 Å². The van der Waals surface area contributed by atoms with Crippen molar-refractivity contribution in [2.75, 3.05) is 0 Å². The molecule has 3 aromatic heterocycles. The molecular formula is C51H30N4O. The minimum atomic E-state index is 0.592. The molecule has 5 heteroatoms. The number of furan rings is 1. The van der Waals surface area contributed by atoms with Gasteiger partial charge in [-0.3, -0.25) is 0 Å². The second-order valence-corrected chi connectivity index (χ2v) is 14.4. The highest BCUT2D eigenvalue weighted by molar-refractivity contribution is 6.28. The van der Waals surface area contributed by atoms with Gasteiger partial charge in [-0.25, -0.2) is 15.0 Å². The third kappa shape index (κ3) is 4.71. The molecule has 0 N–H and O–H groups in total. The van der Waals surface area contributed by atoms with Gasteiger partial charge < -0.3 is 8.98 Å². The van der Waals surface area contributed by atoms with E-state index in [-0.39, 0.29) is 0 Å². The van der Waals surface area contributed by atoms with Crippen molar-refractivity contribution in [1.82, 2.24) is 19.5 Å². The summed E-state index contributed by atoms with van der Waals surface area (Å²) in [7, 11) is 0. The lowest BCUT2D eigenvalue weighted by Crippen LogP contribution is -2.00. The molecule has 0 fully saturated rings. The van der Waals surface area contributed by atoms with Gasteiger partial charge in [0.1, 0.15) is 11.2 Å². The highest BCUT2D eigenvalue weighted by Gasteiger charge is 2.19. The molecule has 56 heavy (non-hydrogen) atoms. The summed E-state index contributed by atoms with van der Waals surface area (Å²) in [6, 6.07) is 64.0. The lowest BCUT2D eigenvalue weighted by atomic mass is 10.00. The molecule has 0 saturated heterocycles. The number of hydrogen-bond acceptors (Lipinski definition) is 4. The summed E-state index contributed by atoms with van der Waals surface area (Å²) in [5.74, 6) is 1.84. The van der Waals surface area contributed by atoms with E-state index in [1.165, 1.54) is 48.7 Å². The van der Waals surface area contributed by atoms with Gasteiger partial charge in [-0.15, -0.1) is 0 Å². The number of rotatable bonds is 4. The average molecular weight is 715 g/mol. The first-order valence-electron chi connectivity index (χ1n) is 18.8. The van der Waals surface area contributed by atoms with Crippen LogP contribution in [0.5, 0.6) is 0 Å². The summed E-state index contributed by atoms with van der Waals surface area (Å²) in [4.78, 5) is 15.0. The standard InChI is InChI=1S/C51H30N4O/c1-2-13-34(14-3-1)49-52-50(36-19-18-31-10-4-5-15-35(31)28-36)54-51(53-49)37-20-24-41-42-30-38(23-27-45(42)56-46(41)29-37)55-43-25-21-32-11-6-8-16-39(32)47(43)48-40-17-9-7-12-33(40)22-26-44(48)55/h1-30H. The first-order chi connectivity index (χ1) is 27.7. The molecule has 0 unspecified atom stereocenters. The number of hydrogen-bond donors (Lipinski definition) is 0. The van der Waals surface area contributed by atoms with Gasteiger partial charge in [0, 0.05) is 43.9 Å². The smallest absolute Gasteiger partial charge is 0.164 e. The molecule has 0 bridgehead atoms. The van der Waals surface area contributed by atoms with E-state index in [4.69, 9.17) is 19.4 Å². The Morgan fingerprint density at radius 2 is 0.893 bits per heavy atom. The minimum Gasteiger partial charge on any atom is -0.456 e. The molecule has 5 nitrogen and oxygen atoms in total. The number of benzene rings is 9. The Morgan fingerprint density at radius 1 is 0.339 bits per heavy atom. The van der Waals surface area contributed by atoms with Crippen LogP contribution < -0.4 is 0 Å². The molecule has 0 amide bonds. The molecule has 9 aromatic carbocycles. The van der Waals surface area contributed by atoms with E-state index >= 15 is 0 Å². The first kappa shape index (κ1) is 30.8. The van der Waals surface area contributed by atoms with Crippen molar-refractivity contribution in [3.8, 4) is 39.9 Å². The van der Waals surface area contributed by atoms with Crippen LogP contribution in [-0.4, -0.2) is 19.5 Å². The van der Waals surface area contributed by atoms with Crippen molar-refractivity contribution in [2.45, 2.75) is 0 Å². The van der Waals surface area contributed by atoms with Gasteiger partial charge in [-0.05, 0) is 80.8 Å². The third-order valence-electron chi connectivity index (χ3n) is 11.2. The second kappa shape index (κ2) is 11.9. The maximum absolute atomic E-state index is 6.57. The molecule has 0 aliphatic rings. The quantitative estimate of drug-likeness (QED) is 0.182. The summed E-state index contributed by atoms with van der Waals surface area (Å²) in [6.45, 7) is 0. The van der Waals surface area contributed by atoms with Gasteiger partial charge in [-0.2, -0.15) is 0 Å². The van der Waals surface area contributed by atoms with Crippen LogP contribution in [-0.2, 0) is 0 Å². The Kier molecular flexibility index (Phi) is 6.56. The van der Waals surface area contributed by atoms with Crippen molar-refractivity contribution < 1.29 is 4.42 Å². The third-order valence-corrected chi connectivity index (χ3v) is 11.2. The zero-order valence-electron chi connectivity index (χ0n) is 30.0. The maximum atomic E-state index is 6.57. The Labute approximate surface area is 320 Å². The lowest BCUT2D eigenvalue weighted by molar-refractivity contribution is 0.669. The predicted octanol–water partition coefficient (Wildman–Crippen LogP) is 13.3. The predicted molar refractivity (Wildman–Crippen MR) is 230 cm³/mol. The van der Waals surface area contributed by atoms with Crippen molar-refractivity contribution in [2.24, 2.45) is 0 Å². The van der Waals surface area contributed by atoms with Crippen LogP contribution in [0.4, 0.5) is 0 Å². The molecule has 0 atom stereocenters. The minimum absolute atomic E-state index is 0.592. The summed E-state index contributed by atoms with van der Waals surface area (Å²) < 4.78 is 8.98. The van der Waals surface area contributed by atoms with Crippen LogP contribution in [0.1, 0.15) is 0 Å². The fourth-order valence-electron chi connectivity index (χ4n) is 8.55. The van der Waals surface area contributed by atoms with Crippen molar-refractivity contribution in [3.05, 3.63) is 182 Å². The molecule has 12 aromatic rings. The molecule has 260 valence electrons. The Hall–Kier alpha value is -7.63. The molecule has 0 aliphatic heterocycles. The summed E-state index contributed by atoms with van der Waals surface area (Å²) in [5, 5.41) is 11.9. The van der Waals surface area contributed by atoms with Crippen molar-refractivity contribution in [3.63, 3.8) is 0 Å².